The molecule has 0 radical (unpaired) electrons. The number of aliphatic hydroxyl groups excluding tert-OH is 1. The van der Waals surface area contributed by atoms with E-state index in [0.717, 1.165) is 76.8 Å². The number of fused-ring (bicyclic) bond motifs is 2. The second-order valence-corrected chi connectivity index (χ2v) is 10.6. The molecule has 0 aliphatic carbocycles. The summed E-state index contributed by atoms with van der Waals surface area (Å²) >= 11 is 1.28. The van der Waals surface area contributed by atoms with Crippen LogP contribution in [0.25, 0.3) is 21.0 Å². The zero-order valence-electron chi connectivity index (χ0n) is 21.0. The van der Waals surface area contributed by atoms with Gasteiger partial charge < -0.3 is 32.1 Å². The molecule has 1 aliphatic heterocycles. The van der Waals surface area contributed by atoms with Gasteiger partial charge in [0.25, 0.3) is 5.91 Å². The van der Waals surface area contributed by atoms with Crippen molar-refractivity contribution in [3.05, 3.63) is 59.0 Å². The first-order valence-electron chi connectivity index (χ1n) is 12.9. The van der Waals surface area contributed by atoms with Gasteiger partial charge in [0.1, 0.15) is 21.8 Å². The maximum Gasteiger partial charge on any atom is 0.260 e. The highest BCUT2D eigenvalue weighted by molar-refractivity contribution is 7.21. The van der Waals surface area contributed by atoms with Crippen LogP contribution >= 0.6 is 11.3 Å². The number of aryl methyl sites for hydroxylation is 1. The van der Waals surface area contributed by atoms with Crippen molar-refractivity contribution in [3.63, 3.8) is 0 Å². The molecule has 1 amide bonds. The van der Waals surface area contributed by atoms with Crippen molar-refractivity contribution in [2.24, 2.45) is 5.73 Å². The first-order valence-corrected chi connectivity index (χ1v) is 13.7. The van der Waals surface area contributed by atoms with Crippen LogP contribution in [0.1, 0.15) is 48.8 Å². The highest BCUT2D eigenvalue weighted by atomic mass is 32.1. The molecule has 3 heterocycles. The molecular weight excluding hydrogens is 496 g/mol. The Morgan fingerprint density at radius 2 is 1.95 bits per heavy atom. The number of carbonyl (C=O) groups is 1. The molecule has 1 saturated heterocycles. The van der Waals surface area contributed by atoms with Gasteiger partial charge in [-0.3, -0.25) is 4.79 Å². The highest BCUT2D eigenvalue weighted by Gasteiger charge is 2.24. The van der Waals surface area contributed by atoms with Crippen LogP contribution in [-0.2, 0) is 6.42 Å². The number of nitrogen functional groups attached to an aromatic ring is 1. The van der Waals surface area contributed by atoms with Gasteiger partial charge in [0.15, 0.2) is 0 Å². The van der Waals surface area contributed by atoms with E-state index in [-0.39, 0.29) is 7.43 Å². The monoisotopic (exact) mass is 534 g/mol. The molecule has 0 saturated carbocycles. The molecule has 7 N–H and O–H groups in total. The van der Waals surface area contributed by atoms with Gasteiger partial charge in [-0.25, -0.2) is 4.98 Å². The lowest BCUT2D eigenvalue weighted by Gasteiger charge is -2.34. The summed E-state index contributed by atoms with van der Waals surface area (Å²) in [4.78, 5) is 20.2. The zero-order chi connectivity index (χ0) is 25.9. The van der Waals surface area contributed by atoms with Gasteiger partial charge in [-0.2, -0.15) is 0 Å². The normalized spacial score (nSPS) is 14.9. The van der Waals surface area contributed by atoms with Crippen molar-refractivity contribution in [2.75, 3.05) is 35.6 Å². The number of carbonyl (C=O) groups excluding carboxylic acids is 1. The van der Waals surface area contributed by atoms with Crippen LogP contribution in [0.4, 0.5) is 17.2 Å². The molecule has 2 aromatic heterocycles. The highest BCUT2D eigenvalue weighted by Crippen LogP contribution is 2.37. The van der Waals surface area contributed by atoms with Gasteiger partial charge in [0.2, 0.25) is 0 Å². The fraction of sp³-hybridized carbons (Fsp3) is 0.379. The quantitative estimate of drug-likeness (QED) is 0.197. The fourth-order valence-electron chi connectivity index (χ4n) is 5.17. The Labute approximate surface area is 228 Å². The van der Waals surface area contributed by atoms with Crippen LogP contribution in [0.2, 0.25) is 0 Å². The summed E-state index contributed by atoms with van der Waals surface area (Å²) in [6.07, 6.45) is 3.05. The molecular formula is C29H38N6O2S. The van der Waals surface area contributed by atoms with Crippen LogP contribution in [0.15, 0.2) is 48.5 Å². The van der Waals surface area contributed by atoms with Crippen LogP contribution in [0, 0.1) is 0 Å². The number of primary amides is 1. The molecule has 1 fully saturated rings. The minimum Gasteiger partial charge on any atom is -0.397 e. The summed E-state index contributed by atoms with van der Waals surface area (Å²) in [6.45, 7) is 4.31. The number of aliphatic hydroxyl groups is 1. The molecule has 8 nitrogen and oxygen atoms in total. The van der Waals surface area contributed by atoms with Crippen molar-refractivity contribution >= 4 is 55.4 Å². The van der Waals surface area contributed by atoms with E-state index in [9.17, 15) is 9.90 Å². The van der Waals surface area contributed by atoms with Crippen molar-refractivity contribution < 1.29 is 9.90 Å². The maximum absolute atomic E-state index is 11.8. The lowest BCUT2D eigenvalue weighted by Crippen LogP contribution is -2.46. The molecule has 1 unspecified atom stereocenters. The van der Waals surface area contributed by atoms with Crippen molar-refractivity contribution in [1.29, 1.82) is 0 Å². The molecule has 38 heavy (non-hydrogen) atoms. The van der Waals surface area contributed by atoms with Crippen LogP contribution < -0.4 is 27.0 Å². The lowest BCUT2D eigenvalue weighted by atomic mass is 10.0. The maximum atomic E-state index is 11.8. The van der Waals surface area contributed by atoms with E-state index in [4.69, 9.17) is 16.5 Å². The largest absolute Gasteiger partial charge is 0.397 e. The van der Waals surface area contributed by atoms with Crippen molar-refractivity contribution in [1.82, 2.24) is 10.3 Å². The number of hydrogen-bond acceptors (Lipinski definition) is 8. The average Bonchev–Trinajstić information content (AvgIpc) is 3.25. The number of hydrogen-bond donors (Lipinski definition) is 5. The van der Waals surface area contributed by atoms with Crippen LogP contribution in [0.3, 0.4) is 0 Å². The average molecular weight is 535 g/mol. The number of anilines is 3. The Hall–Kier alpha value is -3.40. The standard InChI is InChI=1S/C28H34N6O2S.CH4/c1-2-6-18-15-22(33-28-24(18)25(29)26(37-28)27(30)36)34-13-11-19(12-14-34)31-16-23(35)32-21-10-5-8-17-7-3-4-9-20(17)21;/h3-5,7-10,15,19,23,31-32,35H,2,6,11-14,16,29H2,1H3,(H2,30,36);1H4. The molecule has 0 bridgehead atoms. The molecule has 0 spiro atoms. The van der Waals surface area contributed by atoms with Crippen molar-refractivity contribution in [3.8, 4) is 0 Å². The lowest BCUT2D eigenvalue weighted by molar-refractivity contribution is 0.100. The second-order valence-electron chi connectivity index (χ2n) is 9.64. The Kier molecular flexibility index (Phi) is 8.71. The Morgan fingerprint density at radius 3 is 2.68 bits per heavy atom. The summed E-state index contributed by atoms with van der Waals surface area (Å²) in [5.41, 5.74) is 14.3. The van der Waals surface area contributed by atoms with E-state index in [1.54, 1.807) is 0 Å². The van der Waals surface area contributed by atoms with Gasteiger partial charge in [0, 0.05) is 42.1 Å². The van der Waals surface area contributed by atoms with Gasteiger partial charge in [-0.1, -0.05) is 57.2 Å². The summed E-state index contributed by atoms with van der Waals surface area (Å²) in [5.74, 6) is 0.415. The number of nitrogens with two attached hydrogens (primary N) is 2. The molecule has 5 rings (SSSR count). The van der Waals surface area contributed by atoms with E-state index in [1.165, 1.54) is 11.3 Å². The smallest absolute Gasteiger partial charge is 0.260 e. The van der Waals surface area contributed by atoms with E-state index in [2.05, 4.69) is 46.7 Å². The predicted octanol–water partition coefficient (Wildman–Crippen LogP) is 4.71. The molecule has 1 atom stereocenters. The van der Waals surface area contributed by atoms with E-state index < -0.39 is 12.1 Å². The van der Waals surface area contributed by atoms with E-state index >= 15 is 0 Å². The van der Waals surface area contributed by atoms with Crippen LogP contribution in [0.5, 0.6) is 0 Å². The van der Waals surface area contributed by atoms with Gasteiger partial charge in [-0.05, 0) is 42.3 Å². The Balaban J connectivity index is 0.00000336. The third-order valence-corrected chi connectivity index (χ3v) is 8.15. The number of thiophene rings is 1. The minimum absolute atomic E-state index is 0. The first-order chi connectivity index (χ1) is 17.9. The summed E-state index contributed by atoms with van der Waals surface area (Å²) in [5, 5.41) is 20.5. The van der Waals surface area contributed by atoms with Gasteiger partial charge >= 0.3 is 0 Å². The number of aromatic nitrogens is 1. The molecule has 202 valence electrons. The molecule has 1 aliphatic rings. The number of rotatable bonds is 9. The first kappa shape index (κ1) is 27.6. The van der Waals surface area contributed by atoms with E-state index in [1.807, 2.05) is 24.3 Å². The molecule has 2 aromatic carbocycles. The number of piperidine rings is 1. The number of nitrogens with one attached hydrogen (secondary N) is 2. The van der Waals surface area contributed by atoms with Crippen LogP contribution in [-0.4, -0.2) is 47.9 Å². The predicted molar refractivity (Wildman–Crippen MR) is 160 cm³/mol. The third-order valence-electron chi connectivity index (χ3n) is 7.04. The zero-order valence-corrected chi connectivity index (χ0v) is 21.9. The Morgan fingerprint density at radius 1 is 1.21 bits per heavy atom. The SMILES string of the molecule is C.CCCc1cc(N2CCC(NCC(O)Nc3cccc4ccccc34)CC2)nc2sc(C(N)=O)c(N)c12. The number of pyridine rings is 1. The fourth-order valence-corrected chi connectivity index (χ4v) is 6.16. The minimum atomic E-state index is -0.687. The third kappa shape index (κ3) is 5.70. The van der Waals surface area contributed by atoms with Gasteiger partial charge in [-0.15, -0.1) is 11.3 Å². The number of amides is 1. The summed E-state index contributed by atoms with van der Waals surface area (Å²) in [6, 6.07) is 16.6. The second kappa shape index (κ2) is 12.0. The summed E-state index contributed by atoms with van der Waals surface area (Å²) < 4.78 is 0. The molecule has 9 heteroatoms. The van der Waals surface area contributed by atoms with Gasteiger partial charge in [0.05, 0.1) is 5.69 Å². The molecule has 4 aromatic rings. The van der Waals surface area contributed by atoms with E-state index in [0.29, 0.717) is 23.2 Å². The van der Waals surface area contributed by atoms with Crippen molar-refractivity contribution in [2.45, 2.75) is 52.3 Å². The number of benzene rings is 2. The summed E-state index contributed by atoms with van der Waals surface area (Å²) in [7, 11) is 0. The number of nitrogens with zero attached hydrogens (tertiary/aromatic N) is 2. The topological polar surface area (TPSA) is 130 Å². The Bertz CT molecular complexity index is 1410.